The van der Waals surface area contributed by atoms with Gasteiger partial charge in [-0.15, -0.1) is 0 Å². The SMILES string of the molecule is C=CC(=O)OCCCC.C=CC(=O)OCCCC.C=CC(=O)OCCCC. The van der Waals surface area contributed by atoms with Crippen LogP contribution >= 0.6 is 0 Å². The second-order valence-electron chi connectivity index (χ2n) is 5.18. The molecule has 6 heteroatoms. The van der Waals surface area contributed by atoms with E-state index in [1.807, 2.05) is 20.8 Å². The van der Waals surface area contributed by atoms with Gasteiger partial charge < -0.3 is 14.2 Å². The van der Waals surface area contributed by atoms with Crippen molar-refractivity contribution in [1.82, 2.24) is 0 Å². The Hall–Kier alpha value is -2.37. The number of unbranched alkanes of at least 4 members (excludes halogenated alkanes) is 3. The van der Waals surface area contributed by atoms with Crippen LogP contribution in [0.4, 0.5) is 0 Å². The fourth-order valence-corrected chi connectivity index (χ4v) is 1.13. The second kappa shape index (κ2) is 25.9. The summed E-state index contributed by atoms with van der Waals surface area (Å²) in [5.41, 5.74) is 0. The third-order valence-electron chi connectivity index (χ3n) is 2.73. The molecule has 0 aromatic rings. The smallest absolute Gasteiger partial charge is 0.330 e. The van der Waals surface area contributed by atoms with Gasteiger partial charge in [0.1, 0.15) is 0 Å². The standard InChI is InChI=1S/3C7H12O2/c3*1-3-5-6-9-7(8)4-2/h3*4H,2-3,5-6H2,1H3. The zero-order valence-corrected chi connectivity index (χ0v) is 17.2. The lowest BCUT2D eigenvalue weighted by atomic mass is 10.4. The van der Waals surface area contributed by atoms with Crippen molar-refractivity contribution in [3.8, 4) is 0 Å². The molecule has 0 saturated carbocycles. The van der Waals surface area contributed by atoms with E-state index in [0.29, 0.717) is 19.8 Å². The predicted octanol–water partition coefficient (Wildman–Crippen LogP) is 4.55. The van der Waals surface area contributed by atoms with Crippen LogP contribution in [0, 0.1) is 0 Å². The average molecular weight is 385 g/mol. The molecule has 6 nitrogen and oxygen atoms in total. The molecule has 0 saturated heterocycles. The molecule has 0 bridgehead atoms. The van der Waals surface area contributed by atoms with Crippen LogP contribution in [0.2, 0.25) is 0 Å². The molecule has 0 aliphatic rings. The molecule has 0 aromatic heterocycles. The van der Waals surface area contributed by atoms with Gasteiger partial charge in [0.15, 0.2) is 0 Å². The molecular formula is C21H36O6. The minimum atomic E-state index is -0.330. The van der Waals surface area contributed by atoms with Crippen LogP contribution < -0.4 is 0 Å². The van der Waals surface area contributed by atoms with Gasteiger partial charge in [0, 0.05) is 18.2 Å². The molecule has 0 radical (unpaired) electrons. The number of hydrogen-bond acceptors (Lipinski definition) is 6. The highest BCUT2D eigenvalue weighted by Crippen LogP contribution is 1.89. The summed E-state index contributed by atoms with van der Waals surface area (Å²) in [7, 11) is 0. The molecule has 156 valence electrons. The van der Waals surface area contributed by atoms with E-state index in [9.17, 15) is 14.4 Å². The maximum absolute atomic E-state index is 10.3. The summed E-state index contributed by atoms with van der Waals surface area (Å²) in [4.78, 5) is 31.0. The van der Waals surface area contributed by atoms with Crippen molar-refractivity contribution in [2.45, 2.75) is 59.3 Å². The molecule has 0 aliphatic carbocycles. The molecule has 0 rings (SSSR count). The molecule has 0 heterocycles. The normalized spacial score (nSPS) is 8.56. The summed E-state index contributed by atoms with van der Waals surface area (Å²) in [6, 6.07) is 0. The molecule has 0 fully saturated rings. The Morgan fingerprint density at radius 3 is 0.963 bits per heavy atom. The van der Waals surface area contributed by atoms with Gasteiger partial charge in [0.2, 0.25) is 0 Å². The van der Waals surface area contributed by atoms with E-state index in [1.165, 1.54) is 18.2 Å². The Morgan fingerprint density at radius 2 is 0.815 bits per heavy atom. The van der Waals surface area contributed by atoms with Crippen LogP contribution in [0.1, 0.15) is 59.3 Å². The van der Waals surface area contributed by atoms with Gasteiger partial charge in [-0.1, -0.05) is 59.8 Å². The molecule has 0 atom stereocenters. The molecule has 0 N–H and O–H groups in total. The Bertz CT molecular complexity index is 353. The summed E-state index contributed by atoms with van der Waals surface area (Å²) in [5.74, 6) is -0.990. The van der Waals surface area contributed by atoms with E-state index in [-0.39, 0.29) is 17.9 Å². The van der Waals surface area contributed by atoms with Gasteiger partial charge >= 0.3 is 17.9 Å². The predicted molar refractivity (Wildman–Crippen MR) is 108 cm³/mol. The van der Waals surface area contributed by atoms with Crippen molar-refractivity contribution in [2.24, 2.45) is 0 Å². The minimum Gasteiger partial charge on any atom is -0.463 e. The van der Waals surface area contributed by atoms with E-state index in [2.05, 4.69) is 33.9 Å². The number of hydrogen-bond donors (Lipinski definition) is 0. The molecule has 0 aliphatic heterocycles. The first kappa shape index (κ1) is 29.4. The van der Waals surface area contributed by atoms with Crippen LogP contribution in [0.15, 0.2) is 38.0 Å². The number of carbonyl (C=O) groups is 3. The van der Waals surface area contributed by atoms with Gasteiger partial charge in [-0.25, -0.2) is 14.4 Å². The Morgan fingerprint density at radius 1 is 0.593 bits per heavy atom. The Labute approximate surface area is 164 Å². The van der Waals surface area contributed by atoms with Crippen molar-refractivity contribution in [3.05, 3.63) is 38.0 Å². The summed E-state index contributed by atoms with van der Waals surface area (Å²) in [5, 5.41) is 0. The van der Waals surface area contributed by atoms with Crippen LogP contribution in [0.25, 0.3) is 0 Å². The average Bonchev–Trinajstić information content (AvgIpc) is 2.69. The number of ether oxygens (including phenoxy) is 3. The maximum Gasteiger partial charge on any atom is 0.330 e. The van der Waals surface area contributed by atoms with E-state index in [0.717, 1.165) is 38.5 Å². The lowest BCUT2D eigenvalue weighted by Gasteiger charge is -1.97. The maximum atomic E-state index is 10.3. The van der Waals surface area contributed by atoms with Gasteiger partial charge in [-0.2, -0.15) is 0 Å². The highest BCUT2D eigenvalue weighted by molar-refractivity contribution is 5.81. The highest BCUT2D eigenvalue weighted by Gasteiger charge is 1.92. The highest BCUT2D eigenvalue weighted by atomic mass is 16.5. The zero-order valence-electron chi connectivity index (χ0n) is 17.2. The molecule has 0 amide bonds. The first-order valence-electron chi connectivity index (χ1n) is 9.30. The molecule has 27 heavy (non-hydrogen) atoms. The van der Waals surface area contributed by atoms with Crippen LogP contribution in [0.3, 0.4) is 0 Å². The van der Waals surface area contributed by atoms with Gasteiger partial charge in [0.05, 0.1) is 19.8 Å². The third-order valence-corrected chi connectivity index (χ3v) is 2.73. The Balaban J connectivity index is -0.000000320. The lowest BCUT2D eigenvalue weighted by Crippen LogP contribution is -2.00. The molecular weight excluding hydrogens is 348 g/mol. The number of carbonyl (C=O) groups excluding carboxylic acids is 3. The van der Waals surface area contributed by atoms with Gasteiger partial charge in [0.25, 0.3) is 0 Å². The van der Waals surface area contributed by atoms with Gasteiger partial charge in [-0.3, -0.25) is 0 Å². The minimum absolute atomic E-state index is 0.330. The summed E-state index contributed by atoms with van der Waals surface area (Å²) in [6.45, 7) is 17.5. The van der Waals surface area contributed by atoms with Gasteiger partial charge in [-0.05, 0) is 19.3 Å². The quantitative estimate of drug-likeness (QED) is 0.213. The Kier molecular flexibility index (Phi) is 28.2. The lowest BCUT2D eigenvalue weighted by molar-refractivity contribution is -0.138. The van der Waals surface area contributed by atoms with Crippen molar-refractivity contribution in [3.63, 3.8) is 0 Å². The fraction of sp³-hybridized carbons (Fsp3) is 0.571. The fourth-order valence-electron chi connectivity index (χ4n) is 1.13. The van der Waals surface area contributed by atoms with Crippen molar-refractivity contribution in [2.75, 3.05) is 19.8 Å². The van der Waals surface area contributed by atoms with E-state index in [4.69, 9.17) is 0 Å². The number of esters is 3. The van der Waals surface area contributed by atoms with Crippen molar-refractivity contribution >= 4 is 17.9 Å². The largest absolute Gasteiger partial charge is 0.463 e. The topological polar surface area (TPSA) is 78.9 Å². The van der Waals surface area contributed by atoms with E-state index >= 15 is 0 Å². The van der Waals surface area contributed by atoms with Crippen LogP contribution in [-0.2, 0) is 28.6 Å². The monoisotopic (exact) mass is 384 g/mol. The third kappa shape index (κ3) is 31.9. The van der Waals surface area contributed by atoms with Crippen LogP contribution in [-0.4, -0.2) is 37.7 Å². The number of rotatable bonds is 12. The summed E-state index contributed by atoms with van der Waals surface area (Å²) in [6.07, 6.45) is 9.46. The first-order chi connectivity index (χ1) is 12.9. The molecule has 0 spiro atoms. The second-order valence-corrected chi connectivity index (χ2v) is 5.18. The van der Waals surface area contributed by atoms with E-state index in [1.54, 1.807) is 0 Å². The first-order valence-corrected chi connectivity index (χ1v) is 9.30. The molecule has 0 unspecified atom stereocenters. The summed E-state index contributed by atoms with van der Waals surface area (Å²) >= 11 is 0. The summed E-state index contributed by atoms with van der Waals surface area (Å²) < 4.78 is 14.0. The zero-order chi connectivity index (χ0) is 21.3. The van der Waals surface area contributed by atoms with Crippen LogP contribution in [0.5, 0.6) is 0 Å². The van der Waals surface area contributed by atoms with E-state index < -0.39 is 0 Å². The van der Waals surface area contributed by atoms with Crippen molar-refractivity contribution < 1.29 is 28.6 Å². The van der Waals surface area contributed by atoms with Crippen molar-refractivity contribution in [1.29, 1.82) is 0 Å². The molecule has 0 aromatic carbocycles.